The predicted octanol–water partition coefficient (Wildman–Crippen LogP) is 7.08. The first-order valence-corrected chi connectivity index (χ1v) is 10.3. The van der Waals surface area contributed by atoms with Gasteiger partial charge < -0.3 is 9.84 Å². The van der Waals surface area contributed by atoms with Crippen LogP contribution in [0.1, 0.15) is 71.1 Å². The van der Waals surface area contributed by atoms with Crippen LogP contribution in [0, 0.1) is 0 Å². The smallest absolute Gasteiger partial charge is 0.128 e. The lowest BCUT2D eigenvalue weighted by molar-refractivity contribution is 0.312. The molecular weight excluding hydrogens is 358 g/mol. The van der Waals surface area contributed by atoms with Gasteiger partial charge in [-0.15, -0.1) is 6.58 Å². The van der Waals surface area contributed by atoms with Crippen molar-refractivity contribution >= 4 is 11.9 Å². The Bertz CT molecular complexity index is 850. The van der Waals surface area contributed by atoms with Crippen LogP contribution in [0.2, 0.25) is 0 Å². The summed E-state index contributed by atoms with van der Waals surface area (Å²) >= 11 is 0. The first-order valence-electron chi connectivity index (χ1n) is 10.3. The van der Waals surface area contributed by atoms with Gasteiger partial charge in [0.1, 0.15) is 11.5 Å². The van der Waals surface area contributed by atoms with Crippen molar-refractivity contribution in [1.82, 2.24) is 0 Å². The second kappa shape index (κ2) is 9.30. The third-order valence-corrected chi connectivity index (χ3v) is 4.82. The molecule has 0 fully saturated rings. The Morgan fingerprint density at radius 1 is 1.00 bits per heavy atom. The van der Waals surface area contributed by atoms with Crippen LogP contribution in [-0.4, -0.2) is 17.9 Å². The molecule has 0 radical (unpaired) electrons. The van der Waals surface area contributed by atoms with E-state index in [4.69, 9.17) is 4.74 Å². The van der Waals surface area contributed by atoms with Gasteiger partial charge in [-0.1, -0.05) is 53.7 Å². The van der Waals surface area contributed by atoms with Crippen molar-refractivity contribution < 1.29 is 9.84 Å². The van der Waals surface area contributed by atoms with E-state index in [1.54, 1.807) is 6.21 Å². The monoisotopic (exact) mass is 393 g/mol. The summed E-state index contributed by atoms with van der Waals surface area (Å²) in [7, 11) is 0. The lowest BCUT2D eigenvalue weighted by atomic mass is 9.79. The van der Waals surface area contributed by atoms with E-state index in [1.807, 2.05) is 36.4 Å². The fourth-order valence-electron chi connectivity index (χ4n) is 2.95. The van der Waals surface area contributed by atoms with E-state index >= 15 is 0 Å². The van der Waals surface area contributed by atoms with E-state index in [0.29, 0.717) is 12.4 Å². The number of ether oxygens (including phenoxy) is 1. The third-order valence-electron chi connectivity index (χ3n) is 4.82. The minimum Gasteiger partial charge on any atom is -0.507 e. The van der Waals surface area contributed by atoms with Crippen LogP contribution in [-0.2, 0) is 10.8 Å². The zero-order valence-electron chi connectivity index (χ0n) is 18.7. The second-order valence-corrected chi connectivity index (χ2v) is 9.49. The second-order valence-electron chi connectivity index (χ2n) is 9.49. The molecule has 0 aliphatic carbocycles. The number of aromatic hydroxyl groups is 1. The van der Waals surface area contributed by atoms with Gasteiger partial charge in [0, 0.05) is 17.3 Å². The summed E-state index contributed by atoms with van der Waals surface area (Å²) in [5.74, 6) is 1.14. The number of phenolic OH excluding ortho intramolecular Hbond substituents is 1. The molecule has 0 bridgehead atoms. The number of unbranched alkanes of at least 4 members (excludes halogenated alkanes) is 1. The number of rotatable bonds is 7. The molecule has 0 atom stereocenters. The van der Waals surface area contributed by atoms with Crippen molar-refractivity contribution in [3.63, 3.8) is 0 Å². The third kappa shape index (κ3) is 6.49. The van der Waals surface area contributed by atoms with Crippen molar-refractivity contribution in [3.05, 3.63) is 65.7 Å². The van der Waals surface area contributed by atoms with Gasteiger partial charge >= 0.3 is 0 Å². The van der Waals surface area contributed by atoms with Crippen LogP contribution in [0.4, 0.5) is 5.69 Å². The lowest BCUT2D eigenvalue weighted by Crippen LogP contribution is -2.17. The number of hydrogen-bond acceptors (Lipinski definition) is 3. The molecule has 0 aliphatic rings. The molecule has 2 rings (SSSR count). The Labute approximate surface area is 176 Å². The molecule has 0 spiro atoms. The van der Waals surface area contributed by atoms with Gasteiger partial charge in [0.05, 0.1) is 12.3 Å². The van der Waals surface area contributed by atoms with Crippen LogP contribution in [0.15, 0.2) is 54.0 Å². The summed E-state index contributed by atoms with van der Waals surface area (Å²) in [5, 5.41) is 10.9. The fourth-order valence-corrected chi connectivity index (χ4v) is 2.95. The maximum atomic E-state index is 10.9. The van der Waals surface area contributed by atoms with Crippen LogP contribution in [0.25, 0.3) is 0 Å². The lowest BCUT2D eigenvalue weighted by Gasteiger charge is -2.26. The minimum absolute atomic E-state index is 0.0130. The fraction of sp³-hybridized carbons (Fsp3) is 0.423. The Kier molecular flexibility index (Phi) is 7.29. The van der Waals surface area contributed by atoms with E-state index < -0.39 is 0 Å². The highest BCUT2D eigenvalue weighted by Crippen LogP contribution is 2.37. The van der Waals surface area contributed by atoms with Crippen LogP contribution < -0.4 is 4.74 Å². The van der Waals surface area contributed by atoms with Crippen molar-refractivity contribution in [2.45, 2.75) is 65.2 Å². The molecule has 3 heteroatoms. The molecule has 0 amide bonds. The molecule has 156 valence electrons. The van der Waals surface area contributed by atoms with Gasteiger partial charge in [0.25, 0.3) is 0 Å². The highest BCUT2D eigenvalue weighted by Gasteiger charge is 2.24. The summed E-state index contributed by atoms with van der Waals surface area (Å²) in [6, 6.07) is 11.8. The summed E-state index contributed by atoms with van der Waals surface area (Å²) in [6.45, 7) is 17.3. The molecule has 1 N–H and O–H groups in total. The molecule has 0 saturated carbocycles. The van der Waals surface area contributed by atoms with Gasteiger partial charge in [-0.05, 0) is 59.6 Å². The van der Waals surface area contributed by atoms with E-state index in [9.17, 15) is 5.11 Å². The normalized spacial score (nSPS) is 12.3. The maximum Gasteiger partial charge on any atom is 0.128 e. The first kappa shape index (κ1) is 22.7. The maximum absolute atomic E-state index is 10.9. The number of allylic oxidation sites excluding steroid dienone is 1. The van der Waals surface area contributed by atoms with Gasteiger partial charge in [-0.25, -0.2) is 0 Å². The summed E-state index contributed by atoms with van der Waals surface area (Å²) < 4.78 is 5.71. The summed E-state index contributed by atoms with van der Waals surface area (Å²) in [6.07, 6.45) is 5.56. The van der Waals surface area contributed by atoms with Gasteiger partial charge in [0.15, 0.2) is 0 Å². The SMILES string of the molecule is C=CCCCOc1ccc(N=Cc2cc(C(C)(C)C)cc(C(C)(C)C)c2O)cc1. The Morgan fingerprint density at radius 2 is 1.66 bits per heavy atom. The molecular formula is C26H35NO2. The Morgan fingerprint density at radius 3 is 2.21 bits per heavy atom. The summed E-state index contributed by atoms with van der Waals surface area (Å²) in [5.41, 5.74) is 3.52. The van der Waals surface area contributed by atoms with E-state index in [2.05, 4.69) is 59.2 Å². The van der Waals surface area contributed by atoms with Crippen molar-refractivity contribution in [3.8, 4) is 11.5 Å². The average Bonchev–Trinajstić information content (AvgIpc) is 2.63. The topological polar surface area (TPSA) is 41.8 Å². The molecule has 2 aromatic carbocycles. The first-order chi connectivity index (χ1) is 13.5. The number of benzene rings is 2. The highest BCUT2D eigenvalue weighted by atomic mass is 16.5. The summed E-state index contributed by atoms with van der Waals surface area (Å²) in [4.78, 5) is 4.58. The van der Waals surface area contributed by atoms with Gasteiger partial charge in [-0.3, -0.25) is 4.99 Å². The van der Waals surface area contributed by atoms with Crippen LogP contribution >= 0.6 is 0 Å². The van der Waals surface area contributed by atoms with Crippen molar-refractivity contribution in [2.24, 2.45) is 4.99 Å². The average molecular weight is 394 g/mol. The molecule has 0 aliphatic heterocycles. The van der Waals surface area contributed by atoms with Gasteiger partial charge in [-0.2, -0.15) is 0 Å². The molecule has 2 aromatic rings. The molecule has 0 saturated heterocycles. The number of aliphatic imine (C=N–C) groups is 1. The Hall–Kier alpha value is -2.55. The van der Waals surface area contributed by atoms with E-state index in [-0.39, 0.29) is 10.8 Å². The van der Waals surface area contributed by atoms with Crippen LogP contribution in [0.5, 0.6) is 11.5 Å². The largest absolute Gasteiger partial charge is 0.507 e. The molecule has 0 aromatic heterocycles. The zero-order valence-corrected chi connectivity index (χ0v) is 18.7. The van der Waals surface area contributed by atoms with E-state index in [0.717, 1.165) is 35.4 Å². The predicted molar refractivity (Wildman–Crippen MR) is 124 cm³/mol. The quantitative estimate of drug-likeness (QED) is 0.310. The molecule has 0 unspecified atom stereocenters. The minimum atomic E-state index is -0.154. The standard InChI is InChI=1S/C26H35NO2/c1-8-9-10-15-29-22-13-11-21(12-14-22)27-18-19-16-20(25(2,3)4)17-23(24(19)28)26(5,6)7/h8,11-14,16-18,28H,1,9-10,15H2,2-7H3. The Balaban J connectivity index is 2.26. The van der Waals surface area contributed by atoms with E-state index in [1.165, 1.54) is 5.56 Å². The number of hydrogen-bond donors (Lipinski definition) is 1. The van der Waals surface area contributed by atoms with Crippen LogP contribution in [0.3, 0.4) is 0 Å². The van der Waals surface area contributed by atoms with Crippen molar-refractivity contribution in [2.75, 3.05) is 6.61 Å². The molecule has 29 heavy (non-hydrogen) atoms. The molecule has 3 nitrogen and oxygen atoms in total. The van der Waals surface area contributed by atoms with Crippen molar-refractivity contribution in [1.29, 1.82) is 0 Å². The zero-order chi connectivity index (χ0) is 21.7. The number of nitrogens with zero attached hydrogens (tertiary/aromatic N) is 1. The number of phenols is 1. The van der Waals surface area contributed by atoms with Gasteiger partial charge in [0.2, 0.25) is 0 Å². The highest BCUT2D eigenvalue weighted by molar-refractivity contribution is 5.86. The molecule has 0 heterocycles.